The van der Waals surface area contributed by atoms with Crippen LogP contribution in [-0.4, -0.2) is 21.1 Å². The molecule has 3 N–H and O–H groups in total. The van der Waals surface area contributed by atoms with Gasteiger partial charge in [-0.1, -0.05) is 30.8 Å². The number of imidazole rings is 1. The second kappa shape index (κ2) is 4.57. The Morgan fingerprint density at radius 3 is 3.00 bits per heavy atom. The van der Waals surface area contributed by atoms with E-state index in [4.69, 9.17) is 5.73 Å². The molecule has 0 aliphatic rings. The van der Waals surface area contributed by atoms with Gasteiger partial charge < -0.3 is 10.7 Å². The van der Waals surface area contributed by atoms with Crippen LogP contribution in [0.15, 0.2) is 29.4 Å². The lowest BCUT2D eigenvalue weighted by Crippen LogP contribution is -2.15. The molecule has 5 heteroatoms. The Morgan fingerprint density at radius 2 is 2.31 bits per heavy atom. The van der Waals surface area contributed by atoms with Crippen LogP contribution in [0.1, 0.15) is 13.3 Å². The van der Waals surface area contributed by atoms with Crippen molar-refractivity contribution in [2.24, 2.45) is 5.73 Å². The number of nitrogens with one attached hydrogen (secondary N) is 1. The third-order valence-electron chi connectivity index (χ3n) is 2.17. The second-order valence-electron chi connectivity index (χ2n) is 3.66. The summed E-state index contributed by atoms with van der Waals surface area (Å²) in [5.41, 5.74) is 7.09. The van der Waals surface area contributed by atoms with Gasteiger partial charge in [-0.3, -0.25) is 4.79 Å². The first-order chi connectivity index (χ1) is 7.65. The van der Waals surface area contributed by atoms with Crippen LogP contribution in [0.4, 0.5) is 0 Å². The third-order valence-corrected chi connectivity index (χ3v) is 3.15. The summed E-state index contributed by atoms with van der Waals surface area (Å²) < 4.78 is 0. The number of amides is 1. The predicted molar refractivity (Wildman–Crippen MR) is 65.2 cm³/mol. The molecule has 1 unspecified atom stereocenters. The molecular weight excluding hydrogens is 222 g/mol. The van der Waals surface area contributed by atoms with Crippen molar-refractivity contribution < 1.29 is 4.79 Å². The summed E-state index contributed by atoms with van der Waals surface area (Å²) in [6.07, 6.45) is 0.363. The van der Waals surface area contributed by atoms with Crippen molar-refractivity contribution in [3.05, 3.63) is 24.3 Å². The average Bonchev–Trinajstić information content (AvgIpc) is 2.57. The summed E-state index contributed by atoms with van der Waals surface area (Å²) >= 11 is 1.53. The zero-order chi connectivity index (χ0) is 11.5. The smallest absolute Gasteiger partial charge is 0.218 e. The molecule has 0 saturated carbocycles. The van der Waals surface area contributed by atoms with Crippen molar-refractivity contribution >= 4 is 28.7 Å². The van der Waals surface area contributed by atoms with Gasteiger partial charge in [0.15, 0.2) is 5.16 Å². The van der Waals surface area contributed by atoms with Gasteiger partial charge in [0.1, 0.15) is 0 Å². The molecule has 84 valence electrons. The molecule has 1 aromatic heterocycles. The first kappa shape index (κ1) is 11.0. The molecule has 4 nitrogen and oxygen atoms in total. The maximum absolute atomic E-state index is 10.8. The van der Waals surface area contributed by atoms with E-state index in [1.165, 1.54) is 11.8 Å². The van der Waals surface area contributed by atoms with Crippen LogP contribution in [0.5, 0.6) is 0 Å². The van der Waals surface area contributed by atoms with Crippen molar-refractivity contribution in [2.45, 2.75) is 23.8 Å². The average molecular weight is 235 g/mol. The summed E-state index contributed by atoms with van der Waals surface area (Å²) in [5.74, 6) is -0.281. The van der Waals surface area contributed by atoms with Crippen LogP contribution in [0.25, 0.3) is 11.0 Å². The highest BCUT2D eigenvalue weighted by molar-refractivity contribution is 7.99. The van der Waals surface area contributed by atoms with E-state index in [0.717, 1.165) is 16.2 Å². The van der Waals surface area contributed by atoms with E-state index in [-0.39, 0.29) is 11.2 Å². The number of benzene rings is 1. The summed E-state index contributed by atoms with van der Waals surface area (Å²) in [7, 11) is 0. The fourth-order valence-corrected chi connectivity index (χ4v) is 2.45. The Kier molecular flexibility index (Phi) is 3.14. The van der Waals surface area contributed by atoms with Crippen molar-refractivity contribution in [3.8, 4) is 0 Å². The van der Waals surface area contributed by atoms with Crippen molar-refractivity contribution in [1.29, 1.82) is 0 Å². The number of rotatable bonds is 4. The fourth-order valence-electron chi connectivity index (χ4n) is 1.50. The zero-order valence-electron chi connectivity index (χ0n) is 8.93. The first-order valence-electron chi connectivity index (χ1n) is 5.05. The number of aromatic amines is 1. The molecule has 16 heavy (non-hydrogen) atoms. The number of carbonyl (C=O) groups is 1. The van der Waals surface area contributed by atoms with Gasteiger partial charge in [-0.15, -0.1) is 0 Å². The maximum Gasteiger partial charge on any atom is 0.218 e. The number of fused-ring (bicyclic) bond motifs is 1. The normalized spacial score (nSPS) is 12.8. The van der Waals surface area contributed by atoms with Gasteiger partial charge in [0.05, 0.1) is 11.0 Å². The van der Waals surface area contributed by atoms with Crippen molar-refractivity contribution in [1.82, 2.24) is 9.97 Å². The molecular formula is C11H13N3OS. The number of primary amides is 1. The highest BCUT2D eigenvalue weighted by Gasteiger charge is 2.10. The molecule has 0 bridgehead atoms. The third kappa shape index (κ3) is 2.55. The monoisotopic (exact) mass is 235 g/mol. The Labute approximate surface area is 97.6 Å². The van der Waals surface area contributed by atoms with Gasteiger partial charge in [-0.2, -0.15) is 0 Å². The van der Waals surface area contributed by atoms with E-state index in [1.54, 1.807) is 0 Å². The number of hydrogen-bond donors (Lipinski definition) is 2. The quantitative estimate of drug-likeness (QED) is 0.795. The number of H-pyrrole nitrogens is 1. The summed E-state index contributed by atoms with van der Waals surface area (Å²) in [6, 6.07) is 7.84. The van der Waals surface area contributed by atoms with E-state index in [0.29, 0.717) is 6.42 Å². The standard InChI is InChI=1S/C11H13N3OS/c1-7(6-10(12)15)16-11-13-8-4-2-3-5-9(8)14-11/h2-5,7H,6H2,1H3,(H2,12,15)(H,13,14). The Bertz CT molecular complexity index is 476. The zero-order valence-corrected chi connectivity index (χ0v) is 9.75. The molecule has 0 saturated heterocycles. The van der Waals surface area contributed by atoms with E-state index in [1.807, 2.05) is 31.2 Å². The number of thioether (sulfide) groups is 1. The van der Waals surface area contributed by atoms with E-state index >= 15 is 0 Å². The predicted octanol–water partition coefficient (Wildman–Crippen LogP) is 1.92. The molecule has 2 rings (SSSR count). The van der Waals surface area contributed by atoms with Crippen molar-refractivity contribution in [3.63, 3.8) is 0 Å². The lowest BCUT2D eigenvalue weighted by molar-refractivity contribution is -0.117. The Hall–Kier alpha value is -1.49. The first-order valence-corrected chi connectivity index (χ1v) is 5.93. The van der Waals surface area contributed by atoms with E-state index in [9.17, 15) is 4.79 Å². The minimum atomic E-state index is -0.281. The second-order valence-corrected chi connectivity index (χ2v) is 5.09. The number of carbonyl (C=O) groups excluding carboxylic acids is 1. The number of nitrogens with two attached hydrogens (primary N) is 1. The summed E-state index contributed by atoms with van der Waals surface area (Å²) in [6.45, 7) is 1.96. The van der Waals surface area contributed by atoms with Gasteiger partial charge in [0.25, 0.3) is 0 Å². The molecule has 1 aromatic carbocycles. The fraction of sp³-hybridized carbons (Fsp3) is 0.273. The topological polar surface area (TPSA) is 71.8 Å². The van der Waals surface area contributed by atoms with Gasteiger partial charge in [-0.25, -0.2) is 4.98 Å². The van der Waals surface area contributed by atoms with Crippen LogP contribution in [0.3, 0.4) is 0 Å². The molecule has 0 aliphatic carbocycles. The molecule has 1 amide bonds. The molecule has 2 aromatic rings. The summed E-state index contributed by atoms with van der Waals surface area (Å²) in [5, 5.41) is 0.966. The Morgan fingerprint density at radius 1 is 1.56 bits per heavy atom. The molecule has 0 fully saturated rings. The van der Waals surface area contributed by atoms with Gasteiger partial charge in [0, 0.05) is 11.7 Å². The number of aromatic nitrogens is 2. The number of para-hydroxylation sites is 2. The van der Waals surface area contributed by atoms with Gasteiger partial charge in [-0.05, 0) is 12.1 Å². The minimum absolute atomic E-state index is 0.137. The van der Waals surface area contributed by atoms with Gasteiger partial charge in [0.2, 0.25) is 5.91 Å². The summed E-state index contributed by atoms with van der Waals surface area (Å²) in [4.78, 5) is 18.4. The number of hydrogen-bond acceptors (Lipinski definition) is 3. The van der Waals surface area contributed by atoms with Crippen molar-refractivity contribution in [2.75, 3.05) is 0 Å². The van der Waals surface area contributed by atoms with Gasteiger partial charge >= 0.3 is 0 Å². The molecule has 1 atom stereocenters. The van der Waals surface area contributed by atoms with Crippen LogP contribution in [0.2, 0.25) is 0 Å². The molecule has 0 aliphatic heterocycles. The van der Waals surface area contributed by atoms with Crippen LogP contribution >= 0.6 is 11.8 Å². The minimum Gasteiger partial charge on any atom is -0.370 e. The largest absolute Gasteiger partial charge is 0.370 e. The highest BCUT2D eigenvalue weighted by Crippen LogP contribution is 2.24. The van der Waals surface area contributed by atoms with Crippen LogP contribution in [-0.2, 0) is 4.79 Å². The van der Waals surface area contributed by atoms with E-state index in [2.05, 4.69) is 9.97 Å². The lowest BCUT2D eigenvalue weighted by atomic mass is 10.3. The SMILES string of the molecule is CC(CC(N)=O)Sc1nc2ccccc2[nH]1. The number of nitrogens with zero attached hydrogens (tertiary/aromatic N) is 1. The van der Waals surface area contributed by atoms with Crippen LogP contribution in [0, 0.1) is 0 Å². The molecule has 1 heterocycles. The molecule has 0 spiro atoms. The van der Waals surface area contributed by atoms with Crippen LogP contribution < -0.4 is 5.73 Å². The lowest BCUT2D eigenvalue weighted by Gasteiger charge is -2.04. The Balaban J connectivity index is 2.12. The van der Waals surface area contributed by atoms with E-state index < -0.39 is 0 Å². The maximum atomic E-state index is 10.8. The highest BCUT2D eigenvalue weighted by atomic mass is 32.2. The molecule has 0 radical (unpaired) electrons.